The van der Waals surface area contributed by atoms with Gasteiger partial charge in [0.15, 0.2) is 11.6 Å². The van der Waals surface area contributed by atoms with E-state index >= 15 is 0 Å². The molecular formula is C31H24N5O5S-. The molecule has 0 radical (unpaired) electrons. The van der Waals surface area contributed by atoms with Gasteiger partial charge in [0.25, 0.3) is 5.91 Å². The number of aromatic carboxylic acids is 1. The minimum absolute atomic E-state index is 0.0360. The van der Waals surface area contributed by atoms with Gasteiger partial charge in [-0.15, -0.1) is 11.3 Å². The summed E-state index contributed by atoms with van der Waals surface area (Å²) in [5.74, 6) is -0.238. The number of hydrogen-bond acceptors (Lipinski definition) is 9. The molecule has 0 N–H and O–H groups in total. The van der Waals surface area contributed by atoms with Crippen LogP contribution in [0.1, 0.15) is 55.5 Å². The lowest BCUT2D eigenvalue weighted by Crippen LogP contribution is -2.52. The van der Waals surface area contributed by atoms with Gasteiger partial charge in [-0.25, -0.2) is 9.67 Å². The molecule has 1 spiro atoms. The van der Waals surface area contributed by atoms with E-state index < -0.39 is 11.6 Å². The Labute approximate surface area is 244 Å². The molecule has 2 aliphatic heterocycles. The Morgan fingerprint density at radius 3 is 2.57 bits per heavy atom. The first-order chi connectivity index (χ1) is 20.3. The zero-order valence-corrected chi connectivity index (χ0v) is 23.4. The number of carboxylic acid groups (broad SMARTS) is 1. The molecule has 1 saturated heterocycles. The molecule has 0 unspecified atom stereocenters. The lowest BCUT2D eigenvalue weighted by atomic mass is 9.82. The molecule has 1 aromatic carbocycles. The first-order valence-electron chi connectivity index (χ1n) is 13.5. The van der Waals surface area contributed by atoms with Crippen LogP contribution in [0.2, 0.25) is 0 Å². The summed E-state index contributed by atoms with van der Waals surface area (Å²) >= 11 is 1.41. The number of carbonyl (C=O) groups is 3. The number of hydrogen-bond donors (Lipinski definition) is 0. The molecule has 7 rings (SSSR count). The minimum atomic E-state index is -1.36. The van der Waals surface area contributed by atoms with Crippen molar-refractivity contribution in [2.45, 2.75) is 31.8 Å². The van der Waals surface area contributed by atoms with Gasteiger partial charge < -0.3 is 19.5 Å². The van der Waals surface area contributed by atoms with E-state index in [0.29, 0.717) is 59.1 Å². The summed E-state index contributed by atoms with van der Waals surface area (Å²) in [5, 5.41) is 16.8. The van der Waals surface area contributed by atoms with Crippen molar-refractivity contribution in [1.82, 2.24) is 24.6 Å². The summed E-state index contributed by atoms with van der Waals surface area (Å²) in [5.41, 5.74) is 1.77. The maximum Gasteiger partial charge on any atom is 0.264 e. The van der Waals surface area contributed by atoms with E-state index in [1.165, 1.54) is 23.6 Å². The second kappa shape index (κ2) is 9.88. The average molecular weight is 579 g/mol. The third-order valence-corrected chi connectivity index (χ3v) is 9.07. The third-order valence-electron chi connectivity index (χ3n) is 7.98. The standard InChI is InChI=1S/C31H25N5O5S/c1-18-21-16-26(42-29(21)36(34-18)27-4-2-3-10-33-27)28(38)35-12-8-31(9-13-35)17-24(37)22-14-19(5-6-25(22)41-31)20-7-11-32-23(15-20)30(39)40/h2-7,10-11,14-16H,8-9,12-13,17H2,1H3,(H,39,40)/p-1. The number of benzene rings is 1. The van der Waals surface area contributed by atoms with E-state index in [-0.39, 0.29) is 23.8 Å². The van der Waals surface area contributed by atoms with Crippen LogP contribution in [-0.4, -0.2) is 61.0 Å². The predicted octanol–water partition coefficient (Wildman–Crippen LogP) is 3.86. The Morgan fingerprint density at radius 1 is 1.00 bits per heavy atom. The van der Waals surface area contributed by atoms with E-state index in [1.54, 1.807) is 35.1 Å². The van der Waals surface area contributed by atoms with Gasteiger partial charge >= 0.3 is 0 Å². The van der Waals surface area contributed by atoms with Crippen molar-refractivity contribution in [3.63, 3.8) is 0 Å². The van der Waals surface area contributed by atoms with E-state index in [9.17, 15) is 19.5 Å². The number of aromatic nitrogens is 4. The Bertz CT molecular complexity index is 1890. The second-order valence-electron chi connectivity index (χ2n) is 10.6. The van der Waals surface area contributed by atoms with Crippen molar-refractivity contribution in [2.24, 2.45) is 0 Å². The molecule has 2 aliphatic rings. The van der Waals surface area contributed by atoms with Crippen molar-refractivity contribution in [3.8, 4) is 22.7 Å². The molecule has 0 saturated carbocycles. The van der Waals surface area contributed by atoms with Crippen molar-refractivity contribution in [2.75, 3.05) is 13.1 Å². The maximum atomic E-state index is 13.5. The number of rotatable bonds is 4. The van der Waals surface area contributed by atoms with Gasteiger partial charge in [0, 0.05) is 43.7 Å². The molecule has 42 heavy (non-hydrogen) atoms. The van der Waals surface area contributed by atoms with Crippen molar-refractivity contribution in [3.05, 3.63) is 88.8 Å². The largest absolute Gasteiger partial charge is 0.543 e. The van der Waals surface area contributed by atoms with Crippen LogP contribution in [0.15, 0.2) is 67.0 Å². The highest BCUT2D eigenvalue weighted by Gasteiger charge is 2.44. The van der Waals surface area contributed by atoms with E-state index in [0.717, 1.165) is 15.9 Å². The van der Waals surface area contributed by atoms with E-state index in [4.69, 9.17) is 4.74 Å². The lowest BCUT2D eigenvalue weighted by Gasteiger charge is -2.44. The maximum absolute atomic E-state index is 13.5. The monoisotopic (exact) mass is 578 g/mol. The number of piperidine rings is 1. The number of ether oxygens (including phenoxy) is 1. The van der Waals surface area contributed by atoms with Crippen LogP contribution in [0.5, 0.6) is 5.75 Å². The molecule has 0 bridgehead atoms. The van der Waals surface area contributed by atoms with Gasteiger partial charge in [0.1, 0.15) is 16.2 Å². The molecule has 0 atom stereocenters. The number of ketones is 1. The third kappa shape index (κ3) is 4.42. The summed E-state index contributed by atoms with van der Waals surface area (Å²) < 4.78 is 8.22. The number of carboxylic acids is 1. The number of carbonyl (C=O) groups excluding carboxylic acids is 3. The van der Waals surface area contributed by atoms with Gasteiger partial charge in [0.05, 0.1) is 34.2 Å². The van der Waals surface area contributed by atoms with Crippen LogP contribution in [0.3, 0.4) is 0 Å². The Morgan fingerprint density at radius 2 is 1.81 bits per heavy atom. The number of likely N-dealkylation sites (tertiary alicyclic amines) is 1. The van der Waals surface area contributed by atoms with Crippen LogP contribution in [-0.2, 0) is 0 Å². The average Bonchev–Trinajstić information content (AvgIpc) is 3.58. The van der Waals surface area contributed by atoms with Gasteiger partial charge in [0.2, 0.25) is 0 Å². The van der Waals surface area contributed by atoms with Gasteiger partial charge in [-0.1, -0.05) is 12.1 Å². The topological polar surface area (TPSA) is 130 Å². The Kier molecular flexibility index (Phi) is 6.12. The number of amides is 1. The Balaban J connectivity index is 1.08. The first-order valence-corrected chi connectivity index (χ1v) is 14.4. The number of fused-ring (bicyclic) bond motifs is 2. The zero-order chi connectivity index (χ0) is 29.0. The summed E-state index contributed by atoms with van der Waals surface area (Å²) in [6.45, 7) is 2.87. The fraction of sp³-hybridized carbons (Fsp3) is 0.226. The van der Waals surface area contributed by atoms with Crippen LogP contribution < -0.4 is 9.84 Å². The van der Waals surface area contributed by atoms with Gasteiger partial charge in [-0.2, -0.15) is 5.10 Å². The fourth-order valence-corrected chi connectivity index (χ4v) is 6.87. The summed E-state index contributed by atoms with van der Waals surface area (Å²) in [6.07, 6.45) is 4.41. The van der Waals surface area contributed by atoms with Crippen molar-refractivity contribution >= 4 is 39.2 Å². The smallest absolute Gasteiger partial charge is 0.264 e. The highest BCUT2D eigenvalue weighted by molar-refractivity contribution is 7.20. The van der Waals surface area contributed by atoms with E-state index in [2.05, 4.69) is 15.1 Å². The SMILES string of the molecule is Cc1nn(-c2ccccn2)c2sc(C(=O)N3CCC4(CC3)CC(=O)c3cc(-c5ccnc(C(=O)[O-])c5)ccc3O4)cc12. The highest BCUT2D eigenvalue weighted by atomic mass is 32.1. The molecule has 1 fully saturated rings. The molecule has 210 valence electrons. The van der Waals surface area contributed by atoms with Crippen LogP contribution in [0.25, 0.3) is 27.2 Å². The van der Waals surface area contributed by atoms with Gasteiger partial charge in [-0.3, -0.25) is 14.6 Å². The number of nitrogens with zero attached hydrogens (tertiary/aromatic N) is 5. The Hall–Kier alpha value is -4.90. The van der Waals surface area contributed by atoms with Crippen LogP contribution >= 0.6 is 11.3 Å². The molecule has 11 heteroatoms. The quantitative estimate of drug-likeness (QED) is 0.314. The number of aryl methyl sites for hydroxylation is 1. The predicted molar refractivity (Wildman–Crippen MR) is 153 cm³/mol. The number of thiophene rings is 1. The first kappa shape index (κ1) is 26.0. The molecule has 6 heterocycles. The second-order valence-corrected chi connectivity index (χ2v) is 11.7. The van der Waals surface area contributed by atoms with Crippen LogP contribution in [0, 0.1) is 6.92 Å². The molecule has 1 amide bonds. The normalized spacial score (nSPS) is 15.9. The summed E-state index contributed by atoms with van der Waals surface area (Å²) in [7, 11) is 0. The summed E-state index contributed by atoms with van der Waals surface area (Å²) in [4.78, 5) is 49.6. The fourth-order valence-electron chi connectivity index (χ4n) is 5.73. The molecule has 4 aromatic heterocycles. The van der Waals surface area contributed by atoms with Crippen LogP contribution in [0.4, 0.5) is 0 Å². The molecular weight excluding hydrogens is 554 g/mol. The minimum Gasteiger partial charge on any atom is -0.543 e. The lowest BCUT2D eigenvalue weighted by molar-refractivity contribution is -0.255. The molecule has 0 aliphatic carbocycles. The van der Waals surface area contributed by atoms with Gasteiger partial charge in [-0.05, 0) is 60.5 Å². The van der Waals surface area contributed by atoms with Crippen molar-refractivity contribution < 1.29 is 24.2 Å². The molecule has 10 nitrogen and oxygen atoms in total. The zero-order valence-electron chi connectivity index (χ0n) is 22.6. The summed E-state index contributed by atoms with van der Waals surface area (Å²) in [6, 6.07) is 15.9. The van der Waals surface area contributed by atoms with E-state index in [1.807, 2.05) is 36.1 Å². The van der Waals surface area contributed by atoms with Crippen molar-refractivity contribution in [1.29, 1.82) is 0 Å². The highest BCUT2D eigenvalue weighted by Crippen LogP contribution is 2.41. The molecule has 5 aromatic rings. The number of pyridine rings is 2. The number of Topliss-reactive ketones (excluding diaryl/α,β-unsaturated/α-hetero) is 1.